The van der Waals surface area contributed by atoms with Crippen LogP contribution in [0.15, 0.2) is 0 Å². The molecule has 1 saturated heterocycles. The van der Waals surface area contributed by atoms with Crippen LogP contribution in [0.4, 0.5) is 18.0 Å². The Morgan fingerprint density at radius 3 is 2.47 bits per heavy atom. The minimum atomic E-state index is -4.71. The van der Waals surface area contributed by atoms with Crippen molar-refractivity contribution in [3.05, 3.63) is 0 Å². The molecule has 0 aromatic rings. The highest BCUT2D eigenvalue weighted by Gasteiger charge is 2.51. The van der Waals surface area contributed by atoms with E-state index in [9.17, 15) is 22.8 Å². The Hall–Kier alpha value is -1.31. The maximum absolute atomic E-state index is 12.6. The third-order valence-electron chi connectivity index (χ3n) is 2.54. The van der Waals surface area contributed by atoms with Crippen molar-refractivity contribution in [3.63, 3.8) is 0 Å². The van der Waals surface area contributed by atoms with Gasteiger partial charge in [-0.2, -0.15) is 13.2 Å². The van der Waals surface area contributed by atoms with Crippen molar-refractivity contribution in [3.8, 4) is 0 Å². The maximum Gasteiger partial charge on any atom is 0.410 e. The number of carbonyl (C=O) groups excluding carboxylic acids is 2. The molecule has 0 aromatic heterocycles. The molecule has 1 heterocycles. The number of urea groups is 1. The van der Waals surface area contributed by atoms with E-state index >= 15 is 0 Å². The van der Waals surface area contributed by atoms with E-state index in [1.54, 1.807) is 6.92 Å². The number of amides is 3. The second-order valence-corrected chi connectivity index (χ2v) is 3.79. The van der Waals surface area contributed by atoms with Crippen LogP contribution in [0.5, 0.6) is 0 Å². The van der Waals surface area contributed by atoms with Crippen molar-refractivity contribution in [1.29, 1.82) is 0 Å². The van der Waals surface area contributed by atoms with Crippen LogP contribution in [0.1, 0.15) is 19.8 Å². The van der Waals surface area contributed by atoms with Crippen LogP contribution >= 0.6 is 0 Å². The molecule has 0 radical (unpaired) electrons. The Morgan fingerprint density at radius 2 is 2.06 bits per heavy atom. The van der Waals surface area contributed by atoms with E-state index in [1.807, 2.05) is 0 Å². The van der Waals surface area contributed by atoms with Crippen LogP contribution in [0.25, 0.3) is 0 Å². The SMILES string of the molecule is CCCC1NC(=O)N(C(CN)C(F)(F)F)C1=O. The smallest absolute Gasteiger partial charge is 0.328 e. The van der Waals surface area contributed by atoms with Gasteiger partial charge in [-0.25, -0.2) is 9.69 Å². The quantitative estimate of drug-likeness (QED) is 0.720. The highest BCUT2D eigenvalue weighted by Crippen LogP contribution is 2.27. The second-order valence-electron chi connectivity index (χ2n) is 3.79. The molecule has 8 heteroatoms. The molecule has 0 spiro atoms. The largest absolute Gasteiger partial charge is 0.410 e. The van der Waals surface area contributed by atoms with Gasteiger partial charge >= 0.3 is 12.2 Å². The molecule has 17 heavy (non-hydrogen) atoms. The Morgan fingerprint density at radius 1 is 1.47 bits per heavy atom. The first-order valence-electron chi connectivity index (χ1n) is 5.23. The maximum atomic E-state index is 12.6. The van der Waals surface area contributed by atoms with Gasteiger partial charge in [-0.15, -0.1) is 0 Å². The summed E-state index contributed by atoms with van der Waals surface area (Å²) in [6.45, 7) is 0.938. The van der Waals surface area contributed by atoms with Gasteiger partial charge in [-0.3, -0.25) is 4.79 Å². The average molecular weight is 253 g/mol. The van der Waals surface area contributed by atoms with E-state index in [-0.39, 0.29) is 4.90 Å². The second kappa shape index (κ2) is 4.91. The molecular formula is C9H14F3N3O2. The van der Waals surface area contributed by atoms with E-state index < -0.39 is 36.7 Å². The molecule has 5 nitrogen and oxygen atoms in total. The normalized spacial score (nSPS) is 22.9. The van der Waals surface area contributed by atoms with Crippen molar-refractivity contribution < 1.29 is 22.8 Å². The topological polar surface area (TPSA) is 75.4 Å². The van der Waals surface area contributed by atoms with Gasteiger partial charge < -0.3 is 11.1 Å². The zero-order valence-electron chi connectivity index (χ0n) is 9.25. The number of imide groups is 1. The Kier molecular flexibility index (Phi) is 3.97. The molecule has 98 valence electrons. The number of rotatable bonds is 4. The molecule has 1 aliphatic heterocycles. The van der Waals surface area contributed by atoms with Gasteiger partial charge in [-0.05, 0) is 6.42 Å². The van der Waals surface area contributed by atoms with Gasteiger partial charge in [0.25, 0.3) is 5.91 Å². The first kappa shape index (κ1) is 13.8. The van der Waals surface area contributed by atoms with Gasteiger partial charge in [-0.1, -0.05) is 13.3 Å². The molecule has 2 unspecified atom stereocenters. The summed E-state index contributed by atoms with van der Waals surface area (Å²) < 4.78 is 37.7. The number of carbonyl (C=O) groups is 2. The van der Waals surface area contributed by atoms with Gasteiger partial charge in [0, 0.05) is 6.54 Å². The zero-order valence-corrected chi connectivity index (χ0v) is 9.25. The van der Waals surface area contributed by atoms with Crippen LogP contribution in [-0.4, -0.2) is 41.6 Å². The molecule has 0 aromatic carbocycles. The van der Waals surface area contributed by atoms with Gasteiger partial charge in [0.15, 0.2) is 0 Å². The number of nitrogens with zero attached hydrogens (tertiary/aromatic N) is 1. The Bertz CT molecular complexity index is 319. The van der Waals surface area contributed by atoms with E-state index in [2.05, 4.69) is 5.32 Å². The summed E-state index contributed by atoms with van der Waals surface area (Å²) in [5, 5.41) is 2.22. The first-order chi connectivity index (χ1) is 7.82. The molecule has 3 amide bonds. The van der Waals surface area contributed by atoms with Crippen LogP contribution in [0.2, 0.25) is 0 Å². The first-order valence-corrected chi connectivity index (χ1v) is 5.23. The zero-order chi connectivity index (χ0) is 13.2. The van der Waals surface area contributed by atoms with Crippen LogP contribution < -0.4 is 11.1 Å². The lowest BCUT2D eigenvalue weighted by Gasteiger charge is -2.26. The molecule has 3 N–H and O–H groups in total. The third kappa shape index (κ3) is 2.68. The minimum absolute atomic E-state index is 0.181. The van der Waals surface area contributed by atoms with Crippen molar-refractivity contribution in [2.75, 3.05) is 6.54 Å². The summed E-state index contributed by atoms with van der Waals surface area (Å²) in [6, 6.07) is -4.15. The predicted octanol–water partition coefficient (Wildman–Crippen LogP) is 0.597. The fourth-order valence-electron chi connectivity index (χ4n) is 1.71. The molecule has 2 atom stereocenters. The lowest BCUT2D eigenvalue weighted by Crippen LogP contribution is -2.53. The lowest BCUT2D eigenvalue weighted by atomic mass is 10.1. The van der Waals surface area contributed by atoms with E-state index in [0.717, 1.165) is 0 Å². The molecule has 0 bridgehead atoms. The van der Waals surface area contributed by atoms with Crippen LogP contribution in [-0.2, 0) is 4.79 Å². The van der Waals surface area contributed by atoms with Crippen molar-refractivity contribution in [2.24, 2.45) is 5.73 Å². The minimum Gasteiger partial charge on any atom is -0.328 e. The van der Waals surface area contributed by atoms with E-state index in [1.165, 1.54) is 0 Å². The number of alkyl halides is 3. The average Bonchev–Trinajstić information content (AvgIpc) is 2.45. The van der Waals surface area contributed by atoms with Crippen LogP contribution in [0.3, 0.4) is 0 Å². The monoisotopic (exact) mass is 253 g/mol. The molecule has 1 rings (SSSR count). The van der Waals surface area contributed by atoms with Gasteiger partial charge in [0.1, 0.15) is 12.1 Å². The van der Waals surface area contributed by atoms with Gasteiger partial charge in [0.05, 0.1) is 0 Å². The summed E-state index contributed by atoms with van der Waals surface area (Å²) in [5.74, 6) is -0.857. The fourth-order valence-corrected chi connectivity index (χ4v) is 1.71. The van der Waals surface area contributed by atoms with E-state index in [4.69, 9.17) is 5.73 Å². The fraction of sp³-hybridized carbons (Fsp3) is 0.778. The lowest BCUT2D eigenvalue weighted by molar-refractivity contribution is -0.178. The number of halogens is 3. The summed E-state index contributed by atoms with van der Waals surface area (Å²) in [5.41, 5.74) is 4.99. The molecule has 0 saturated carbocycles. The highest BCUT2D eigenvalue weighted by atomic mass is 19.4. The standard InChI is InChI=1S/C9H14F3N3O2/c1-2-3-5-7(16)15(8(17)14-5)6(4-13)9(10,11)12/h5-6H,2-4,13H2,1H3,(H,14,17). The number of hydrogen-bond acceptors (Lipinski definition) is 3. The van der Waals surface area contributed by atoms with E-state index in [0.29, 0.717) is 12.8 Å². The molecule has 1 fully saturated rings. The number of nitrogens with two attached hydrogens (primary N) is 1. The highest BCUT2D eigenvalue weighted by molar-refractivity contribution is 6.04. The summed E-state index contributed by atoms with van der Waals surface area (Å²) in [4.78, 5) is 23.2. The molecular weight excluding hydrogens is 239 g/mol. The summed E-state index contributed by atoms with van der Waals surface area (Å²) in [6.07, 6.45) is -3.80. The van der Waals surface area contributed by atoms with Gasteiger partial charge in [0.2, 0.25) is 0 Å². The van der Waals surface area contributed by atoms with Crippen molar-refractivity contribution >= 4 is 11.9 Å². The van der Waals surface area contributed by atoms with Crippen molar-refractivity contribution in [2.45, 2.75) is 38.0 Å². The summed E-state index contributed by atoms with van der Waals surface area (Å²) in [7, 11) is 0. The van der Waals surface area contributed by atoms with Crippen LogP contribution in [0, 0.1) is 0 Å². The summed E-state index contributed by atoms with van der Waals surface area (Å²) >= 11 is 0. The predicted molar refractivity (Wildman–Crippen MR) is 53.0 cm³/mol. The number of nitrogens with one attached hydrogen (secondary N) is 1. The third-order valence-corrected chi connectivity index (χ3v) is 2.54. The Balaban J connectivity index is 2.90. The van der Waals surface area contributed by atoms with Crippen molar-refractivity contribution in [1.82, 2.24) is 10.2 Å². The molecule has 0 aliphatic carbocycles. The molecule has 1 aliphatic rings. The Labute approximate surface area is 96.1 Å². The number of hydrogen-bond donors (Lipinski definition) is 2.